The van der Waals surface area contributed by atoms with Gasteiger partial charge in [0, 0.05) is 50.4 Å². The van der Waals surface area contributed by atoms with Gasteiger partial charge in [-0.1, -0.05) is 6.92 Å². The summed E-state index contributed by atoms with van der Waals surface area (Å²) in [7, 11) is 3.64. The number of fused-ring (bicyclic) bond motifs is 3. The van der Waals surface area contributed by atoms with Crippen molar-refractivity contribution in [3.8, 4) is 17.5 Å². The fraction of sp³-hybridized carbons (Fsp3) is 0.545. The zero-order valence-electron chi connectivity index (χ0n) is 27.3. The fourth-order valence-corrected chi connectivity index (χ4v) is 7.16. The van der Waals surface area contributed by atoms with Gasteiger partial charge in [0.05, 0.1) is 36.3 Å². The molecule has 0 unspecified atom stereocenters. The van der Waals surface area contributed by atoms with E-state index < -0.39 is 11.7 Å². The van der Waals surface area contributed by atoms with Crippen LogP contribution in [0, 0.1) is 17.1 Å². The van der Waals surface area contributed by atoms with Gasteiger partial charge in [-0.2, -0.15) is 10.2 Å². The minimum absolute atomic E-state index is 0.0133. The minimum Gasteiger partial charge on any atom is -0.495 e. The van der Waals surface area contributed by atoms with E-state index in [1.165, 1.54) is 19.2 Å². The molecule has 13 heteroatoms. The average Bonchev–Trinajstić information content (AvgIpc) is 3.49. The summed E-state index contributed by atoms with van der Waals surface area (Å²) in [5.74, 6) is 0.115. The summed E-state index contributed by atoms with van der Waals surface area (Å²) in [5.41, 5.74) is 2.14. The first-order valence-electron chi connectivity index (χ1n) is 16.2. The molecule has 6 rings (SSSR count). The van der Waals surface area contributed by atoms with Crippen LogP contribution in [0.25, 0.3) is 5.69 Å². The molecule has 1 amide bonds. The molecule has 1 aromatic carbocycles. The maximum atomic E-state index is 15.5. The number of aromatic nitrogens is 4. The van der Waals surface area contributed by atoms with Crippen molar-refractivity contribution in [2.24, 2.45) is 0 Å². The Morgan fingerprint density at radius 3 is 2.54 bits per heavy atom. The van der Waals surface area contributed by atoms with E-state index in [-0.39, 0.29) is 29.6 Å². The number of hydrogen-bond donors (Lipinski definition) is 2. The van der Waals surface area contributed by atoms with Crippen LogP contribution in [-0.4, -0.2) is 93.7 Å². The third-order valence-electron chi connectivity index (χ3n) is 9.63. The molecule has 1 atom stereocenters. The van der Waals surface area contributed by atoms with E-state index in [4.69, 9.17) is 9.72 Å². The number of nitrogens with zero attached hydrogens (tertiary/aromatic N) is 8. The van der Waals surface area contributed by atoms with E-state index >= 15 is 4.39 Å². The van der Waals surface area contributed by atoms with Crippen molar-refractivity contribution in [1.82, 2.24) is 34.6 Å². The Morgan fingerprint density at radius 1 is 1.15 bits per heavy atom. The number of hydrogen-bond acceptors (Lipinski definition) is 10. The lowest BCUT2D eigenvalue weighted by molar-refractivity contribution is 0.0789. The smallest absolute Gasteiger partial charge is 0.254 e. The van der Waals surface area contributed by atoms with Crippen LogP contribution in [0.3, 0.4) is 0 Å². The number of likely N-dealkylation sites (N-methyl/N-ethyl adjacent to an activating group) is 1. The zero-order valence-corrected chi connectivity index (χ0v) is 27.3. The van der Waals surface area contributed by atoms with Crippen LogP contribution < -0.4 is 20.3 Å². The predicted octanol–water partition coefficient (Wildman–Crippen LogP) is 4.39. The van der Waals surface area contributed by atoms with E-state index in [9.17, 15) is 10.1 Å². The molecular formula is C33H43FN10O2. The van der Waals surface area contributed by atoms with Gasteiger partial charge in [-0.3, -0.25) is 14.3 Å². The Bertz CT molecular complexity index is 1620. The van der Waals surface area contributed by atoms with E-state index in [1.54, 1.807) is 12.5 Å². The van der Waals surface area contributed by atoms with E-state index in [2.05, 4.69) is 69.2 Å². The highest BCUT2D eigenvalue weighted by atomic mass is 19.1. The molecule has 3 aliphatic rings. The van der Waals surface area contributed by atoms with Crippen LogP contribution in [0.1, 0.15) is 80.7 Å². The largest absolute Gasteiger partial charge is 0.495 e. The highest BCUT2D eigenvalue weighted by Gasteiger charge is 2.36. The highest BCUT2D eigenvalue weighted by Crippen LogP contribution is 2.42. The van der Waals surface area contributed by atoms with Gasteiger partial charge in [0.1, 0.15) is 29.7 Å². The minimum atomic E-state index is -0.660. The van der Waals surface area contributed by atoms with Crippen LogP contribution in [-0.2, 0) is 0 Å². The first kappa shape index (κ1) is 31.7. The molecule has 2 N–H and O–H groups in total. The number of rotatable bonds is 8. The van der Waals surface area contributed by atoms with Crippen molar-refractivity contribution in [1.29, 1.82) is 5.26 Å². The van der Waals surface area contributed by atoms with Gasteiger partial charge in [0.25, 0.3) is 5.91 Å². The molecule has 2 aliphatic heterocycles. The normalized spacial score (nSPS) is 21.8. The Balaban J connectivity index is 1.18. The van der Waals surface area contributed by atoms with Crippen LogP contribution >= 0.6 is 0 Å². The second kappa shape index (κ2) is 13.2. The van der Waals surface area contributed by atoms with Gasteiger partial charge in [0.2, 0.25) is 5.95 Å². The molecule has 1 saturated carbocycles. The monoisotopic (exact) mass is 630 g/mol. The summed E-state index contributed by atoms with van der Waals surface area (Å²) in [4.78, 5) is 34.0. The number of nitriles is 1. The molecule has 46 heavy (non-hydrogen) atoms. The fourth-order valence-electron chi connectivity index (χ4n) is 7.16. The molecule has 3 aromatic rings. The van der Waals surface area contributed by atoms with Gasteiger partial charge in [-0.05, 0) is 59.1 Å². The number of carbonyl (C=O) groups excluding carboxylic acids is 1. The second-order valence-electron chi connectivity index (χ2n) is 12.8. The van der Waals surface area contributed by atoms with Crippen molar-refractivity contribution in [3.63, 3.8) is 0 Å². The van der Waals surface area contributed by atoms with Crippen molar-refractivity contribution >= 4 is 23.4 Å². The highest BCUT2D eigenvalue weighted by molar-refractivity contribution is 5.96. The summed E-state index contributed by atoms with van der Waals surface area (Å²) < 4.78 is 23.0. The number of imidazole rings is 1. The standard InChI is InChI=1S/C33H43FN10O2/c1-6-27-30-26(17-35)37-19-43(30)28-18-36-33(40-31(28)44(27)20(2)3)39-25-16-24(34)23(15-29(25)46-5)32(45)38-21-7-9-22(10-8-21)42-13-11-41(4)12-14-42/h15-16,18-22,27H,6-14H2,1-5H3,(H,38,45)(H,36,39,40)/t21?,22?,27-/m1/s1. The molecular weight excluding hydrogens is 587 g/mol. The second-order valence-corrected chi connectivity index (χ2v) is 12.8. The van der Waals surface area contributed by atoms with Crippen LogP contribution in [0.5, 0.6) is 5.75 Å². The SMILES string of the molecule is CC[C@@H]1c2c(C#N)ncn2-c2cnc(Nc3cc(F)c(C(=O)NC4CCC(N5CCN(C)CC5)CC4)cc3OC)nc2N1C(C)C. The number of methoxy groups -OCH3 is 1. The van der Waals surface area contributed by atoms with Gasteiger partial charge < -0.3 is 25.2 Å². The first-order chi connectivity index (χ1) is 22.2. The van der Waals surface area contributed by atoms with Crippen LogP contribution in [0.15, 0.2) is 24.7 Å². The predicted molar refractivity (Wildman–Crippen MR) is 173 cm³/mol. The summed E-state index contributed by atoms with van der Waals surface area (Å²) in [6, 6.07) is 5.40. The van der Waals surface area contributed by atoms with E-state index in [1.807, 2.05) is 4.57 Å². The maximum Gasteiger partial charge on any atom is 0.254 e. The molecule has 0 spiro atoms. The van der Waals surface area contributed by atoms with Gasteiger partial charge >= 0.3 is 0 Å². The van der Waals surface area contributed by atoms with Crippen LogP contribution in [0.4, 0.5) is 21.8 Å². The molecule has 4 heterocycles. The molecule has 244 valence electrons. The topological polar surface area (TPSA) is 127 Å². The Kier molecular flexibility index (Phi) is 9.11. The van der Waals surface area contributed by atoms with Crippen molar-refractivity contribution in [2.75, 3.05) is 50.6 Å². The number of benzene rings is 1. The van der Waals surface area contributed by atoms with Gasteiger partial charge in [-0.15, -0.1) is 0 Å². The number of carbonyl (C=O) groups is 1. The Hall–Kier alpha value is -4.28. The summed E-state index contributed by atoms with van der Waals surface area (Å²) in [6.45, 7) is 10.6. The summed E-state index contributed by atoms with van der Waals surface area (Å²) in [6.07, 6.45) is 7.85. The van der Waals surface area contributed by atoms with E-state index in [0.717, 1.165) is 64.0 Å². The Morgan fingerprint density at radius 2 is 1.89 bits per heavy atom. The molecule has 2 aromatic heterocycles. The van der Waals surface area contributed by atoms with Crippen LogP contribution in [0.2, 0.25) is 0 Å². The number of anilines is 3. The number of nitrogens with one attached hydrogen (secondary N) is 2. The third kappa shape index (κ3) is 5.99. The van der Waals surface area contributed by atoms with Crippen molar-refractivity contribution < 1.29 is 13.9 Å². The van der Waals surface area contributed by atoms with E-state index in [0.29, 0.717) is 34.7 Å². The van der Waals surface area contributed by atoms with Gasteiger partial charge in [-0.25, -0.2) is 14.4 Å². The molecule has 0 bridgehead atoms. The van der Waals surface area contributed by atoms with Gasteiger partial charge in [0.15, 0.2) is 11.5 Å². The number of amides is 1. The third-order valence-corrected chi connectivity index (χ3v) is 9.63. The molecule has 0 radical (unpaired) electrons. The van der Waals surface area contributed by atoms with Crippen molar-refractivity contribution in [2.45, 2.75) is 77.0 Å². The Labute approximate surface area is 269 Å². The zero-order chi connectivity index (χ0) is 32.5. The van der Waals surface area contributed by atoms with Crippen molar-refractivity contribution in [3.05, 3.63) is 47.4 Å². The lowest BCUT2D eigenvalue weighted by Gasteiger charge is -2.41. The number of halogens is 1. The lowest BCUT2D eigenvalue weighted by atomic mass is 9.89. The lowest BCUT2D eigenvalue weighted by Crippen LogP contribution is -2.51. The quantitative estimate of drug-likeness (QED) is 0.370. The number of ether oxygens (including phenoxy) is 1. The first-order valence-corrected chi connectivity index (χ1v) is 16.2. The number of piperazine rings is 1. The molecule has 1 aliphatic carbocycles. The summed E-state index contributed by atoms with van der Waals surface area (Å²) in [5, 5.41) is 15.9. The molecule has 1 saturated heterocycles. The molecule has 12 nitrogen and oxygen atoms in total. The molecule has 2 fully saturated rings. The maximum absolute atomic E-state index is 15.5. The summed E-state index contributed by atoms with van der Waals surface area (Å²) >= 11 is 0. The average molecular weight is 631 g/mol.